The Morgan fingerprint density at radius 2 is 1.92 bits per heavy atom. The van der Waals surface area contributed by atoms with Crippen LogP contribution in [0, 0.1) is 13.8 Å². The number of rotatable bonds is 8. The molecule has 1 aliphatic heterocycles. The van der Waals surface area contributed by atoms with Crippen molar-refractivity contribution in [2.45, 2.75) is 65.3 Å². The zero-order valence-corrected chi connectivity index (χ0v) is 16.1. The molecule has 142 valence electrons. The van der Waals surface area contributed by atoms with Gasteiger partial charge in [-0.15, -0.1) is 0 Å². The number of carbonyl (C=O) groups is 3. The smallest absolute Gasteiger partial charge is 0.324 e. The highest BCUT2D eigenvalue weighted by Gasteiger charge is 2.47. The van der Waals surface area contributed by atoms with Crippen molar-refractivity contribution in [3.05, 3.63) is 29.3 Å². The molecule has 1 atom stereocenters. The van der Waals surface area contributed by atoms with E-state index in [1.54, 1.807) is 6.92 Å². The first-order chi connectivity index (χ1) is 12.3. The number of amides is 4. The lowest BCUT2D eigenvalue weighted by Crippen LogP contribution is -2.44. The number of nitrogens with zero attached hydrogens (tertiary/aromatic N) is 1. The summed E-state index contributed by atoms with van der Waals surface area (Å²) in [6.07, 6.45) is 4.72. The van der Waals surface area contributed by atoms with Gasteiger partial charge in [0, 0.05) is 5.69 Å². The summed E-state index contributed by atoms with van der Waals surface area (Å²) in [5, 5.41) is 5.55. The summed E-state index contributed by atoms with van der Waals surface area (Å²) < 4.78 is 0. The maximum absolute atomic E-state index is 12.7. The van der Waals surface area contributed by atoms with Gasteiger partial charge in [-0.1, -0.05) is 44.7 Å². The minimum atomic E-state index is -0.912. The van der Waals surface area contributed by atoms with Crippen LogP contribution in [0.4, 0.5) is 10.5 Å². The Balaban J connectivity index is 1.98. The quantitative estimate of drug-likeness (QED) is 0.550. The first kappa shape index (κ1) is 19.9. The summed E-state index contributed by atoms with van der Waals surface area (Å²) in [4.78, 5) is 38.2. The molecular weight excluding hydrogens is 330 g/mol. The van der Waals surface area contributed by atoms with Crippen molar-refractivity contribution in [1.29, 1.82) is 0 Å². The van der Waals surface area contributed by atoms with Gasteiger partial charge in [0.05, 0.1) is 0 Å². The van der Waals surface area contributed by atoms with Crippen molar-refractivity contribution >= 4 is 23.5 Å². The van der Waals surface area contributed by atoms with Crippen molar-refractivity contribution in [2.75, 3.05) is 11.9 Å². The van der Waals surface area contributed by atoms with E-state index >= 15 is 0 Å². The van der Waals surface area contributed by atoms with Gasteiger partial charge in [0.1, 0.15) is 12.1 Å². The molecule has 0 saturated carbocycles. The Morgan fingerprint density at radius 1 is 1.19 bits per heavy atom. The van der Waals surface area contributed by atoms with Crippen LogP contribution in [0.5, 0.6) is 0 Å². The minimum Gasteiger partial charge on any atom is -0.324 e. The second-order valence-corrected chi connectivity index (χ2v) is 7.33. The molecule has 0 unspecified atom stereocenters. The second kappa shape index (κ2) is 8.34. The number of benzene rings is 1. The van der Waals surface area contributed by atoms with Gasteiger partial charge >= 0.3 is 6.03 Å². The number of hydrogen-bond acceptors (Lipinski definition) is 3. The molecule has 1 saturated heterocycles. The number of anilines is 1. The predicted molar refractivity (Wildman–Crippen MR) is 102 cm³/mol. The molecule has 1 aromatic rings. The van der Waals surface area contributed by atoms with Crippen LogP contribution in [0.3, 0.4) is 0 Å². The third kappa shape index (κ3) is 4.62. The van der Waals surface area contributed by atoms with Crippen molar-refractivity contribution in [3.8, 4) is 0 Å². The van der Waals surface area contributed by atoms with E-state index in [0.717, 1.165) is 41.7 Å². The van der Waals surface area contributed by atoms with Gasteiger partial charge < -0.3 is 10.6 Å². The standard InChI is InChI=1S/C20H29N3O3/c1-5-6-7-8-11-20(4)18(25)23(19(26)22-20)13-17(24)21-16-12-14(2)9-10-15(16)3/h9-10,12H,5-8,11,13H2,1-4H3,(H,21,24)(H,22,26)/t20-/m0/s1. The predicted octanol–water partition coefficient (Wildman–Crippen LogP) is 3.52. The Hall–Kier alpha value is -2.37. The number of aryl methyl sites for hydroxylation is 2. The molecule has 2 N–H and O–H groups in total. The SMILES string of the molecule is CCCCCC[C@]1(C)NC(=O)N(CC(=O)Nc2cc(C)ccc2C)C1=O. The van der Waals surface area contributed by atoms with Crippen LogP contribution in [-0.4, -0.2) is 34.8 Å². The molecule has 0 radical (unpaired) electrons. The Morgan fingerprint density at radius 3 is 2.62 bits per heavy atom. The summed E-state index contributed by atoms with van der Waals surface area (Å²) >= 11 is 0. The third-order valence-electron chi connectivity index (χ3n) is 4.84. The van der Waals surface area contributed by atoms with Crippen LogP contribution in [0.25, 0.3) is 0 Å². The summed E-state index contributed by atoms with van der Waals surface area (Å²) in [7, 11) is 0. The third-order valence-corrected chi connectivity index (χ3v) is 4.84. The van der Waals surface area contributed by atoms with Crippen LogP contribution in [-0.2, 0) is 9.59 Å². The average molecular weight is 359 g/mol. The lowest BCUT2D eigenvalue weighted by atomic mass is 9.94. The summed E-state index contributed by atoms with van der Waals surface area (Å²) in [6.45, 7) is 7.43. The largest absolute Gasteiger partial charge is 0.325 e. The topological polar surface area (TPSA) is 78.5 Å². The normalized spacial score (nSPS) is 19.6. The second-order valence-electron chi connectivity index (χ2n) is 7.33. The van der Waals surface area contributed by atoms with E-state index < -0.39 is 11.6 Å². The fraction of sp³-hybridized carbons (Fsp3) is 0.550. The highest BCUT2D eigenvalue weighted by atomic mass is 16.2. The first-order valence-corrected chi connectivity index (χ1v) is 9.28. The van der Waals surface area contributed by atoms with Crippen molar-refractivity contribution in [3.63, 3.8) is 0 Å². The van der Waals surface area contributed by atoms with Crippen LogP contribution < -0.4 is 10.6 Å². The van der Waals surface area contributed by atoms with E-state index in [2.05, 4.69) is 17.6 Å². The minimum absolute atomic E-state index is 0.275. The van der Waals surface area contributed by atoms with Crippen molar-refractivity contribution in [2.24, 2.45) is 0 Å². The molecule has 6 heteroatoms. The lowest BCUT2D eigenvalue weighted by Gasteiger charge is -2.21. The van der Waals surface area contributed by atoms with Gasteiger partial charge in [-0.3, -0.25) is 14.5 Å². The van der Waals surface area contributed by atoms with E-state index in [1.165, 1.54) is 0 Å². The van der Waals surface area contributed by atoms with Gasteiger partial charge in [-0.25, -0.2) is 4.79 Å². The van der Waals surface area contributed by atoms with Crippen LogP contribution >= 0.6 is 0 Å². The molecule has 0 bridgehead atoms. The van der Waals surface area contributed by atoms with Gasteiger partial charge in [0.15, 0.2) is 0 Å². The van der Waals surface area contributed by atoms with E-state index in [4.69, 9.17) is 0 Å². The van der Waals surface area contributed by atoms with Gasteiger partial charge in [0.25, 0.3) is 5.91 Å². The van der Waals surface area contributed by atoms with E-state index in [9.17, 15) is 14.4 Å². The molecule has 0 spiro atoms. The van der Waals surface area contributed by atoms with E-state index in [-0.39, 0.29) is 18.4 Å². The Labute approximate surface area is 155 Å². The number of hydrogen-bond donors (Lipinski definition) is 2. The summed E-state index contributed by atoms with van der Waals surface area (Å²) in [6, 6.07) is 5.26. The fourth-order valence-electron chi connectivity index (χ4n) is 3.17. The maximum atomic E-state index is 12.7. The number of urea groups is 1. The molecule has 1 aromatic carbocycles. The van der Waals surface area contributed by atoms with Gasteiger partial charge in [0.2, 0.25) is 5.91 Å². The van der Waals surface area contributed by atoms with Crippen LogP contribution in [0.1, 0.15) is 57.1 Å². The maximum Gasteiger partial charge on any atom is 0.325 e. The Kier molecular flexibility index (Phi) is 6.40. The molecule has 1 aliphatic rings. The van der Waals surface area contributed by atoms with Crippen LogP contribution in [0.2, 0.25) is 0 Å². The van der Waals surface area contributed by atoms with E-state index in [1.807, 2.05) is 32.0 Å². The van der Waals surface area contributed by atoms with Crippen LogP contribution in [0.15, 0.2) is 18.2 Å². The summed E-state index contributed by atoms with van der Waals surface area (Å²) in [5.41, 5.74) is 1.75. The van der Waals surface area contributed by atoms with Crippen molar-refractivity contribution in [1.82, 2.24) is 10.2 Å². The zero-order valence-electron chi connectivity index (χ0n) is 16.1. The lowest BCUT2D eigenvalue weighted by molar-refractivity contribution is -0.133. The summed E-state index contributed by atoms with van der Waals surface area (Å²) in [5.74, 6) is -0.701. The highest BCUT2D eigenvalue weighted by Crippen LogP contribution is 2.24. The molecule has 1 fully saturated rings. The molecule has 26 heavy (non-hydrogen) atoms. The van der Waals surface area contributed by atoms with Crippen molar-refractivity contribution < 1.29 is 14.4 Å². The van der Waals surface area contributed by atoms with E-state index in [0.29, 0.717) is 12.1 Å². The number of imide groups is 1. The molecule has 6 nitrogen and oxygen atoms in total. The monoisotopic (exact) mass is 359 g/mol. The molecule has 4 amide bonds. The average Bonchev–Trinajstić information content (AvgIpc) is 2.79. The fourth-order valence-corrected chi connectivity index (χ4v) is 3.17. The number of carbonyl (C=O) groups excluding carboxylic acids is 3. The number of nitrogens with one attached hydrogen (secondary N) is 2. The molecule has 2 rings (SSSR count). The molecule has 0 aromatic heterocycles. The van der Waals surface area contributed by atoms with Gasteiger partial charge in [-0.05, 0) is 44.4 Å². The molecular formula is C20H29N3O3. The number of unbranched alkanes of at least 4 members (excludes halogenated alkanes) is 3. The first-order valence-electron chi connectivity index (χ1n) is 9.28. The Bertz CT molecular complexity index is 702. The zero-order chi connectivity index (χ0) is 19.3. The molecule has 0 aliphatic carbocycles. The molecule has 1 heterocycles. The highest BCUT2D eigenvalue weighted by molar-refractivity contribution is 6.10. The van der Waals surface area contributed by atoms with Gasteiger partial charge in [-0.2, -0.15) is 0 Å².